The Morgan fingerprint density at radius 1 is 1.17 bits per heavy atom. The van der Waals surface area contributed by atoms with Crippen molar-refractivity contribution >= 4 is 11.6 Å². The third kappa shape index (κ3) is 4.21. The van der Waals surface area contributed by atoms with Crippen LogP contribution in [0, 0.1) is 13.8 Å². The number of anilines is 1. The molecule has 1 saturated carbocycles. The number of rotatable bonds is 7. The van der Waals surface area contributed by atoms with Gasteiger partial charge in [0.2, 0.25) is 5.91 Å². The highest BCUT2D eigenvalue weighted by atomic mass is 19.3. The van der Waals surface area contributed by atoms with Crippen LogP contribution >= 0.6 is 0 Å². The number of alkyl halides is 2. The molecule has 2 heterocycles. The van der Waals surface area contributed by atoms with Gasteiger partial charge >= 0.3 is 0 Å². The number of amides is 1. The number of nitrogens with one attached hydrogen (secondary N) is 1. The van der Waals surface area contributed by atoms with E-state index in [-0.39, 0.29) is 24.1 Å². The molecule has 0 bridgehead atoms. The van der Waals surface area contributed by atoms with Crippen LogP contribution in [-0.4, -0.2) is 25.5 Å². The first-order chi connectivity index (χ1) is 13.9. The molecule has 1 aromatic carbocycles. The zero-order valence-corrected chi connectivity index (χ0v) is 16.4. The third-order valence-corrected chi connectivity index (χ3v) is 5.16. The Kier molecular flexibility index (Phi) is 5.17. The molecule has 4 rings (SSSR count). The molecule has 2 aromatic heterocycles. The predicted octanol–water partition coefficient (Wildman–Crippen LogP) is 4.20. The van der Waals surface area contributed by atoms with E-state index in [9.17, 15) is 13.6 Å². The Morgan fingerprint density at radius 3 is 2.55 bits per heavy atom. The van der Waals surface area contributed by atoms with E-state index in [1.54, 1.807) is 0 Å². The van der Waals surface area contributed by atoms with Crippen LogP contribution in [0.5, 0.6) is 0 Å². The van der Waals surface area contributed by atoms with Crippen molar-refractivity contribution in [2.75, 3.05) is 5.32 Å². The fourth-order valence-electron chi connectivity index (χ4n) is 3.50. The highest BCUT2D eigenvalue weighted by Crippen LogP contribution is 2.41. The Morgan fingerprint density at radius 2 is 1.90 bits per heavy atom. The summed E-state index contributed by atoms with van der Waals surface area (Å²) in [5.41, 5.74) is 3.76. The second-order valence-electron chi connectivity index (χ2n) is 7.46. The molecule has 0 atom stereocenters. The van der Waals surface area contributed by atoms with Crippen LogP contribution in [0.3, 0.4) is 0 Å². The SMILES string of the molecule is Cc1nn(Cc2ccccc2)c(C)c1NC(=O)Cn1nc(C(F)F)cc1C1CC1. The molecule has 0 radical (unpaired) electrons. The number of benzene rings is 1. The van der Waals surface area contributed by atoms with Gasteiger partial charge in [-0.3, -0.25) is 14.2 Å². The molecule has 29 heavy (non-hydrogen) atoms. The van der Waals surface area contributed by atoms with E-state index in [1.807, 2.05) is 48.9 Å². The largest absolute Gasteiger partial charge is 0.321 e. The first-order valence-electron chi connectivity index (χ1n) is 9.66. The zero-order valence-electron chi connectivity index (χ0n) is 16.4. The number of hydrogen-bond donors (Lipinski definition) is 1. The Hall–Kier alpha value is -3.03. The van der Waals surface area contributed by atoms with Gasteiger partial charge in [0, 0.05) is 11.6 Å². The van der Waals surface area contributed by atoms with Crippen LogP contribution in [0.4, 0.5) is 14.5 Å². The van der Waals surface area contributed by atoms with E-state index >= 15 is 0 Å². The smallest absolute Gasteiger partial charge is 0.282 e. The summed E-state index contributed by atoms with van der Waals surface area (Å²) >= 11 is 0. The van der Waals surface area contributed by atoms with Crippen molar-refractivity contribution < 1.29 is 13.6 Å². The standard InChI is InChI=1S/C21H23F2N5O/c1-13-20(14(2)27(25-13)11-15-6-4-3-5-7-15)24-19(29)12-28-18(16-8-9-16)10-17(26-28)21(22)23/h3-7,10,16,21H,8-9,11-12H2,1-2H3,(H,24,29). The number of hydrogen-bond acceptors (Lipinski definition) is 3. The summed E-state index contributed by atoms with van der Waals surface area (Å²) in [5, 5.41) is 11.4. The van der Waals surface area contributed by atoms with Crippen molar-refractivity contribution in [2.45, 2.75) is 52.1 Å². The maximum absolute atomic E-state index is 13.0. The number of aryl methyl sites for hydroxylation is 1. The normalized spacial score (nSPS) is 13.8. The van der Waals surface area contributed by atoms with Crippen LogP contribution in [0.1, 0.15) is 53.5 Å². The molecule has 1 N–H and O–H groups in total. The Labute approximate surface area is 167 Å². The summed E-state index contributed by atoms with van der Waals surface area (Å²) in [6, 6.07) is 11.4. The average Bonchev–Trinajstić information content (AvgIpc) is 3.40. The minimum atomic E-state index is -2.64. The maximum atomic E-state index is 13.0. The number of nitrogens with zero attached hydrogens (tertiary/aromatic N) is 4. The van der Waals surface area contributed by atoms with E-state index in [0.29, 0.717) is 23.6 Å². The molecule has 1 aliphatic carbocycles. The first-order valence-corrected chi connectivity index (χ1v) is 9.66. The average molecular weight is 399 g/mol. The molecule has 152 valence electrons. The van der Waals surface area contributed by atoms with Crippen LogP contribution in [0.2, 0.25) is 0 Å². The molecule has 1 amide bonds. The Balaban J connectivity index is 1.49. The molecule has 0 saturated heterocycles. The minimum Gasteiger partial charge on any atom is -0.321 e. The van der Waals surface area contributed by atoms with Crippen molar-refractivity contribution in [3.63, 3.8) is 0 Å². The van der Waals surface area contributed by atoms with Crippen molar-refractivity contribution in [3.8, 4) is 0 Å². The van der Waals surface area contributed by atoms with Crippen LogP contribution in [0.15, 0.2) is 36.4 Å². The van der Waals surface area contributed by atoms with Crippen molar-refractivity contribution in [1.29, 1.82) is 0 Å². The molecule has 1 fully saturated rings. The second kappa shape index (κ2) is 7.77. The fraction of sp³-hybridized carbons (Fsp3) is 0.381. The first kappa shape index (κ1) is 19.3. The lowest BCUT2D eigenvalue weighted by Gasteiger charge is -2.09. The second-order valence-corrected chi connectivity index (χ2v) is 7.46. The molecule has 0 aliphatic heterocycles. The van der Waals surface area contributed by atoms with Gasteiger partial charge < -0.3 is 5.32 Å². The molecular weight excluding hydrogens is 376 g/mol. The summed E-state index contributed by atoms with van der Waals surface area (Å²) in [5.74, 6) is -0.0822. The molecular formula is C21H23F2N5O. The van der Waals surface area contributed by atoms with Gasteiger partial charge in [-0.15, -0.1) is 0 Å². The molecule has 6 nitrogen and oxygen atoms in total. The zero-order chi connectivity index (χ0) is 20.5. The van der Waals surface area contributed by atoms with Crippen LogP contribution < -0.4 is 5.32 Å². The van der Waals surface area contributed by atoms with Gasteiger partial charge in [-0.1, -0.05) is 30.3 Å². The van der Waals surface area contributed by atoms with Gasteiger partial charge in [-0.25, -0.2) is 8.78 Å². The molecule has 8 heteroatoms. The van der Waals surface area contributed by atoms with Gasteiger partial charge in [0.25, 0.3) is 6.43 Å². The molecule has 0 unspecified atom stereocenters. The van der Waals surface area contributed by atoms with E-state index in [4.69, 9.17) is 0 Å². The van der Waals surface area contributed by atoms with E-state index < -0.39 is 6.43 Å². The summed E-state index contributed by atoms with van der Waals surface area (Å²) in [6.07, 6.45) is -0.751. The summed E-state index contributed by atoms with van der Waals surface area (Å²) < 4.78 is 29.3. The van der Waals surface area contributed by atoms with Gasteiger partial charge in [-0.2, -0.15) is 10.2 Å². The Bertz CT molecular complexity index is 1020. The summed E-state index contributed by atoms with van der Waals surface area (Å²) in [4.78, 5) is 12.6. The molecule has 0 spiro atoms. The highest BCUT2D eigenvalue weighted by Gasteiger charge is 2.30. The lowest BCUT2D eigenvalue weighted by atomic mass is 10.2. The van der Waals surface area contributed by atoms with Gasteiger partial charge in [0.1, 0.15) is 12.2 Å². The van der Waals surface area contributed by atoms with Crippen LogP contribution in [-0.2, 0) is 17.9 Å². The van der Waals surface area contributed by atoms with Gasteiger partial charge in [0.05, 0.1) is 23.6 Å². The van der Waals surface area contributed by atoms with Crippen molar-refractivity contribution in [3.05, 3.63) is 64.7 Å². The number of aromatic nitrogens is 4. The predicted molar refractivity (Wildman–Crippen MR) is 105 cm³/mol. The quantitative estimate of drug-likeness (QED) is 0.648. The summed E-state index contributed by atoms with van der Waals surface area (Å²) in [7, 11) is 0. The van der Waals surface area contributed by atoms with Crippen molar-refractivity contribution in [1.82, 2.24) is 19.6 Å². The van der Waals surface area contributed by atoms with Gasteiger partial charge in [0.15, 0.2) is 0 Å². The van der Waals surface area contributed by atoms with Crippen molar-refractivity contribution in [2.24, 2.45) is 0 Å². The minimum absolute atomic E-state index is 0.0959. The van der Waals surface area contributed by atoms with E-state index in [2.05, 4.69) is 15.5 Å². The monoisotopic (exact) mass is 399 g/mol. The summed E-state index contributed by atoms with van der Waals surface area (Å²) in [6.45, 7) is 4.24. The van der Waals surface area contributed by atoms with Crippen LogP contribution in [0.25, 0.3) is 0 Å². The van der Waals surface area contributed by atoms with Gasteiger partial charge in [-0.05, 0) is 38.3 Å². The van der Waals surface area contributed by atoms with E-state index in [1.165, 1.54) is 10.7 Å². The lowest BCUT2D eigenvalue weighted by Crippen LogP contribution is -2.21. The fourth-order valence-corrected chi connectivity index (χ4v) is 3.50. The third-order valence-electron chi connectivity index (χ3n) is 5.16. The molecule has 3 aromatic rings. The number of carbonyl (C=O) groups excluding carboxylic acids is 1. The lowest BCUT2D eigenvalue weighted by molar-refractivity contribution is -0.117. The topological polar surface area (TPSA) is 64.7 Å². The maximum Gasteiger partial charge on any atom is 0.282 e. The van der Waals surface area contributed by atoms with E-state index in [0.717, 1.165) is 24.1 Å². The molecule has 1 aliphatic rings. The highest BCUT2D eigenvalue weighted by molar-refractivity contribution is 5.91. The number of carbonyl (C=O) groups is 1. The number of halogens is 2.